The SMILES string of the molecule is CC(C)(C)OC(=O)N1CCC(n2cnc3c(NCc4ccccc4)nc(Cl)nc32)C1. The van der Waals surface area contributed by atoms with Crippen molar-refractivity contribution in [2.45, 2.75) is 45.4 Å². The van der Waals surface area contributed by atoms with Crippen LogP contribution >= 0.6 is 11.6 Å². The lowest BCUT2D eigenvalue weighted by Crippen LogP contribution is -2.35. The molecule has 1 unspecified atom stereocenters. The number of nitrogens with one attached hydrogen (secondary N) is 1. The number of halogens is 1. The van der Waals surface area contributed by atoms with Crippen molar-refractivity contribution in [3.8, 4) is 0 Å². The van der Waals surface area contributed by atoms with Gasteiger partial charge in [-0.05, 0) is 44.4 Å². The largest absolute Gasteiger partial charge is 0.444 e. The summed E-state index contributed by atoms with van der Waals surface area (Å²) < 4.78 is 7.47. The summed E-state index contributed by atoms with van der Waals surface area (Å²) in [5.41, 5.74) is 1.92. The molecule has 1 aliphatic heterocycles. The summed E-state index contributed by atoms with van der Waals surface area (Å²) in [6, 6.07) is 10.1. The first kappa shape index (κ1) is 20.4. The molecule has 0 saturated carbocycles. The summed E-state index contributed by atoms with van der Waals surface area (Å²) in [6.45, 7) is 7.36. The fourth-order valence-electron chi connectivity index (χ4n) is 3.52. The fraction of sp³-hybridized carbons (Fsp3) is 0.429. The lowest BCUT2D eigenvalue weighted by molar-refractivity contribution is 0.0289. The van der Waals surface area contributed by atoms with Crippen LogP contribution in [0.4, 0.5) is 10.6 Å². The van der Waals surface area contributed by atoms with Crippen molar-refractivity contribution >= 4 is 34.7 Å². The van der Waals surface area contributed by atoms with Crippen LogP contribution in [0.25, 0.3) is 11.2 Å². The second-order valence-corrected chi connectivity index (χ2v) is 8.71. The van der Waals surface area contributed by atoms with Crippen LogP contribution in [-0.2, 0) is 11.3 Å². The Morgan fingerprint density at radius 3 is 2.77 bits per heavy atom. The van der Waals surface area contributed by atoms with Crippen LogP contribution in [0.15, 0.2) is 36.7 Å². The van der Waals surface area contributed by atoms with Gasteiger partial charge in [0.2, 0.25) is 5.28 Å². The van der Waals surface area contributed by atoms with E-state index in [4.69, 9.17) is 16.3 Å². The van der Waals surface area contributed by atoms with Gasteiger partial charge in [0, 0.05) is 19.6 Å². The van der Waals surface area contributed by atoms with E-state index in [1.807, 2.05) is 55.7 Å². The number of aromatic nitrogens is 4. The van der Waals surface area contributed by atoms with Crippen LogP contribution in [0.5, 0.6) is 0 Å². The standard InChI is InChI=1S/C21H25ClN6O2/c1-21(2,3)30-20(29)27-10-9-15(12-27)28-13-24-16-17(25-19(22)26-18(16)28)23-11-14-7-5-4-6-8-14/h4-8,13,15H,9-12H2,1-3H3,(H,23,25,26). The van der Waals surface area contributed by atoms with Crippen LogP contribution in [0.3, 0.4) is 0 Å². The molecule has 1 saturated heterocycles. The van der Waals surface area contributed by atoms with E-state index in [2.05, 4.69) is 20.3 Å². The van der Waals surface area contributed by atoms with Gasteiger partial charge in [-0.25, -0.2) is 9.78 Å². The molecule has 0 bridgehead atoms. The Balaban J connectivity index is 1.53. The third-order valence-electron chi connectivity index (χ3n) is 4.91. The third-order valence-corrected chi connectivity index (χ3v) is 5.07. The van der Waals surface area contributed by atoms with E-state index in [1.165, 1.54) is 0 Å². The van der Waals surface area contributed by atoms with Gasteiger partial charge in [0.25, 0.3) is 0 Å². The van der Waals surface area contributed by atoms with Crippen LogP contribution < -0.4 is 5.32 Å². The van der Waals surface area contributed by atoms with Crippen LogP contribution in [-0.4, -0.2) is 49.2 Å². The number of hydrogen-bond acceptors (Lipinski definition) is 6. The molecule has 158 valence electrons. The third kappa shape index (κ3) is 4.48. The smallest absolute Gasteiger partial charge is 0.410 e. The number of amides is 1. The van der Waals surface area contributed by atoms with Gasteiger partial charge in [0.1, 0.15) is 5.60 Å². The number of carbonyl (C=O) groups is 1. The fourth-order valence-corrected chi connectivity index (χ4v) is 3.69. The summed E-state index contributed by atoms with van der Waals surface area (Å²) in [5, 5.41) is 3.46. The van der Waals surface area contributed by atoms with Crippen LogP contribution in [0.1, 0.15) is 38.8 Å². The number of likely N-dealkylation sites (tertiary alicyclic amines) is 1. The average molecular weight is 429 g/mol. The molecule has 1 amide bonds. The monoisotopic (exact) mass is 428 g/mol. The summed E-state index contributed by atoms with van der Waals surface area (Å²) in [6.07, 6.45) is 2.23. The van der Waals surface area contributed by atoms with Crippen molar-refractivity contribution in [2.75, 3.05) is 18.4 Å². The molecule has 1 N–H and O–H groups in total. The van der Waals surface area contributed by atoms with Crippen molar-refractivity contribution in [1.82, 2.24) is 24.4 Å². The van der Waals surface area contributed by atoms with Crippen molar-refractivity contribution in [3.63, 3.8) is 0 Å². The number of nitrogens with zero attached hydrogens (tertiary/aromatic N) is 5. The number of benzene rings is 1. The van der Waals surface area contributed by atoms with E-state index < -0.39 is 5.60 Å². The van der Waals surface area contributed by atoms with E-state index in [0.29, 0.717) is 36.6 Å². The molecular weight excluding hydrogens is 404 g/mol. The highest BCUT2D eigenvalue weighted by atomic mass is 35.5. The summed E-state index contributed by atoms with van der Waals surface area (Å²) in [7, 11) is 0. The van der Waals surface area contributed by atoms with E-state index in [-0.39, 0.29) is 17.4 Å². The number of ether oxygens (including phenoxy) is 1. The van der Waals surface area contributed by atoms with Gasteiger partial charge in [0.15, 0.2) is 17.0 Å². The minimum atomic E-state index is -0.517. The second-order valence-electron chi connectivity index (χ2n) is 8.37. The molecule has 4 rings (SSSR count). The molecule has 0 radical (unpaired) electrons. The zero-order valence-electron chi connectivity index (χ0n) is 17.3. The van der Waals surface area contributed by atoms with Gasteiger partial charge in [-0.15, -0.1) is 0 Å². The summed E-state index contributed by atoms with van der Waals surface area (Å²) in [4.78, 5) is 27.4. The Bertz CT molecular complexity index is 1050. The topological polar surface area (TPSA) is 85.2 Å². The Labute approximate surface area is 180 Å². The van der Waals surface area contributed by atoms with Crippen LogP contribution in [0.2, 0.25) is 5.28 Å². The molecule has 3 aromatic rings. The molecule has 3 heterocycles. The molecule has 1 aromatic carbocycles. The van der Waals surface area contributed by atoms with E-state index >= 15 is 0 Å². The average Bonchev–Trinajstić information content (AvgIpc) is 3.32. The zero-order valence-corrected chi connectivity index (χ0v) is 18.1. The van der Waals surface area contributed by atoms with E-state index in [1.54, 1.807) is 11.2 Å². The lowest BCUT2D eigenvalue weighted by Gasteiger charge is -2.24. The molecule has 1 aliphatic rings. The van der Waals surface area contributed by atoms with E-state index in [9.17, 15) is 4.79 Å². The molecule has 1 fully saturated rings. The normalized spacial score (nSPS) is 16.8. The van der Waals surface area contributed by atoms with Gasteiger partial charge >= 0.3 is 6.09 Å². The zero-order chi connectivity index (χ0) is 21.3. The maximum absolute atomic E-state index is 12.4. The first-order valence-electron chi connectivity index (χ1n) is 9.96. The van der Waals surface area contributed by atoms with Crippen LogP contribution in [0, 0.1) is 0 Å². The van der Waals surface area contributed by atoms with Crippen molar-refractivity contribution in [1.29, 1.82) is 0 Å². The van der Waals surface area contributed by atoms with Gasteiger partial charge < -0.3 is 19.5 Å². The van der Waals surface area contributed by atoms with Gasteiger partial charge in [0.05, 0.1) is 12.4 Å². The molecule has 9 heteroatoms. The molecule has 0 spiro atoms. The van der Waals surface area contributed by atoms with E-state index in [0.717, 1.165) is 12.0 Å². The Morgan fingerprint density at radius 2 is 2.03 bits per heavy atom. The molecule has 0 aliphatic carbocycles. The predicted octanol–water partition coefficient (Wildman–Crippen LogP) is 4.27. The maximum atomic E-state index is 12.4. The molecule has 2 aromatic heterocycles. The predicted molar refractivity (Wildman–Crippen MR) is 116 cm³/mol. The van der Waals surface area contributed by atoms with Crippen molar-refractivity contribution in [3.05, 3.63) is 47.5 Å². The maximum Gasteiger partial charge on any atom is 0.410 e. The van der Waals surface area contributed by atoms with Gasteiger partial charge in [-0.1, -0.05) is 30.3 Å². The molecule has 8 nitrogen and oxygen atoms in total. The Morgan fingerprint density at radius 1 is 1.27 bits per heavy atom. The minimum absolute atomic E-state index is 0.0514. The highest BCUT2D eigenvalue weighted by Crippen LogP contribution is 2.29. The summed E-state index contributed by atoms with van der Waals surface area (Å²) >= 11 is 6.21. The number of carbonyl (C=O) groups excluding carboxylic acids is 1. The lowest BCUT2D eigenvalue weighted by atomic mass is 10.2. The number of anilines is 1. The van der Waals surface area contributed by atoms with Crippen molar-refractivity contribution in [2.24, 2.45) is 0 Å². The number of hydrogen-bond donors (Lipinski definition) is 1. The number of imidazole rings is 1. The first-order valence-corrected chi connectivity index (χ1v) is 10.3. The second kappa shape index (κ2) is 8.10. The molecule has 1 atom stereocenters. The highest BCUT2D eigenvalue weighted by molar-refractivity contribution is 6.28. The highest BCUT2D eigenvalue weighted by Gasteiger charge is 2.31. The molecular formula is C21H25ClN6O2. The number of rotatable bonds is 4. The van der Waals surface area contributed by atoms with Gasteiger partial charge in [-0.2, -0.15) is 9.97 Å². The van der Waals surface area contributed by atoms with Crippen molar-refractivity contribution < 1.29 is 9.53 Å². The first-order chi connectivity index (χ1) is 14.3. The number of fused-ring (bicyclic) bond motifs is 1. The quantitative estimate of drug-likeness (QED) is 0.624. The Hall–Kier alpha value is -2.87. The Kier molecular flexibility index (Phi) is 5.51. The van der Waals surface area contributed by atoms with Gasteiger partial charge in [-0.3, -0.25) is 0 Å². The molecule has 30 heavy (non-hydrogen) atoms. The summed E-state index contributed by atoms with van der Waals surface area (Å²) in [5.74, 6) is 0.592. The minimum Gasteiger partial charge on any atom is -0.444 e.